The lowest BCUT2D eigenvalue weighted by Crippen LogP contribution is -2.01. The Labute approximate surface area is 93.7 Å². The Kier molecular flexibility index (Phi) is 3.02. The molecule has 15 heavy (non-hydrogen) atoms. The monoisotopic (exact) mass is 221 g/mol. The standard InChI is InChI=1S/C11H12ClN3/c1-9-4-2-3-5-10(9)6-7-15-8-13-14-11(15)12/h2-5,8H,6-7H2,1H3. The third-order valence-electron chi connectivity index (χ3n) is 2.45. The summed E-state index contributed by atoms with van der Waals surface area (Å²) in [5.41, 5.74) is 2.64. The van der Waals surface area contributed by atoms with E-state index in [4.69, 9.17) is 11.6 Å². The Morgan fingerprint density at radius 1 is 1.33 bits per heavy atom. The highest BCUT2D eigenvalue weighted by molar-refractivity contribution is 6.28. The van der Waals surface area contributed by atoms with Crippen LogP contribution in [0.2, 0.25) is 5.28 Å². The summed E-state index contributed by atoms with van der Waals surface area (Å²) < 4.78 is 1.84. The Hall–Kier alpha value is -1.35. The maximum absolute atomic E-state index is 5.84. The molecule has 4 heteroatoms. The number of hydrogen-bond acceptors (Lipinski definition) is 2. The Balaban J connectivity index is 2.06. The fourth-order valence-corrected chi connectivity index (χ4v) is 1.69. The first-order chi connectivity index (χ1) is 7.27. The molecule has 0 fully saturated rings. The number of nitrogens with zero attached hydrogens (tertiary/aromatic N) is 3. The number of rotatable bonds is 3. The van der Waals surface area contributed by atoms with E-state index in [2.05, 4.69) is 35.3 Å². The van der Waals surface area contributed by atoms with Crippen molar-refractivity contribution in [1.29, 1.82) is 0 Å². The fraction of sp³-hybridized carbons (Fsp3) is 0.273. The quantitative estimate of drug-likeness (QED) is 0.797. The summed E-state index contributed by atoms with van der Waals surface area (Å²) in [6, 6.07) is 8.34. The van der Waals surface area contributed by atoms with Crippen molar-refractivity contribution in [2.24, 2.45) is 0 Å². The highest BCUT2D eigenvalue weighted by Gasteiger charge is 2.01. The Morgan fingerprint density at radius 3 is 2.80 bits per heavy atom. The SMILES string of the molecule is Cc1ccccc1CCn1cnnc1Cl. The first-order valence-electron chi connectivity index (χ1n) is 4.85. The van der Waals surface area contributed by atoms with Gasteiger partial charge in [-0.1, -0.05) is 24.3 Å². The van der Waals surface area contributed by atoms with Crippen molar-refractivity contribution in [1.82, 2.24) is 14.8 Å². The predicted molar refractivity (Wildman–Crippen MR) is 59.9 cm³/mol. The molecule has 0 saturated heterocycles. The van der Waals surface area contributed by atoms with E-state index in [-0.39, 0.29) is 0 Å². The number of aryl methyl sites for hydroxylation is 3. The van der Waals surface area contributed by atoms with Crippen LogP contribution in [0.1, 0.15) is 11.1 Å². The first-order valence-corrected chi connectivity index (χ1v) is 5.23. The molecule has 0 unspecified atom stereocenters. The van der Waals surface area contributed by atoms with E-state index in [0.29, 0.717) is 5.28 Å². The van der Waals surface area contributed by atoms with Crippen LogP contribution in [0.5, 0.6) is 0 Å². The zero-order valence-corrected chi connectivity index (χ0v) is 9.28. The van der Waals surface area contributed by atoms with Gasteiger partial charge in [-0.15, -0.1) is 10.2 Å². The van der Waals surface area contributed by atoms with Gasteiger partial charge in [0.05, 0.1) is 0 Å². The van der Waals surface area contributed by atoms with Gasteiger partial charge in [-0.3, -0.25) is 0 Å². The average Bonchev–Trinajstić information content (AvgIpc) is 2.63. The van der Waals surface area contributed by atoms with Gasteiger partial charge in [0.15, 0.2) is 0 Å². The van der Waals surface area contributed by atoms with Gasteiger partial charge in [0.1, 0.15) is 6.33 Å². The lowest BCUT2D eigenvalue weighted by molar-refractivity contribution is 0.692. The van der Waals surface area contributed by atoms with Crippen molar-refractivity contribution >= 4 is 11.6 Å². The van der Waals surface area contributed by atoms with E-state index in [1.807, 2.05) is 10.6 Å². The molecule has 1 aromatic carbocycles. The van der Waals surface area contributed by atoms with Crippen LogP contribution >= 0.6 is 11.6 Å². The summed E-state index contributed by atoms with van der Waals surface area (Å²) in [5, 5.41) is 7.91. The number of hydrogen-bond donors (Lipinski definition) is 0. The lowest BCUT2D eigenvalue weighted by Gasteiger charge is -2.05. The topological polar surface area (TPSA) is 30.7 Å². The van der Waals surface area contributed by atoms with Crippen molar-refractivity contribution in [3.63, 3.8) is 0 Å². The molecule has 0 aliphatic carbocycles. The molecule has 0 spiro atoms. The van der Waals surface area contributed by atoms with Gasteiger partial charge >= 0.3 is 0 Å². The predicted octanol–water partition coefficient (Wildman–Crippen LogP) is 2.48. The minimum Gasteiger partial charge on any atom is -0.304 e. The highest BCUT2D eigenvalue weighted by Crippen LogP contribution is 2.10. The normalized spacial score (nSPS) is 10.5. The van der Waals surface area contributed by atoms with Gasteiger partial charge in [0, 0.05) is 6.54 Å². The molecule has 0 aliphatic heterocycles. The van der Waals surface area contributed by atoms with Gasteiger partial charge in [-0.05, 0) is 36.1 Å². The molecule has 0 radical (unpaired) electrons. The molecular formula is C11H12ClN3. The molecule has 2 aromatic rings. The molecule has 0 aliphatic rings. The second kappa shape index (κ2) is 4.45. The smallest absolute Gasteiger partial charge is 0.224 e. The fourth-order valence-electron chi connectivity index (χ4n) is 1.52. The molecule has 2 rings (SSSR count). The second-order valence-corrected chi connectivity index (χ2v) is 3.81. The van der Waals surface area contributed by atoms with Gasteiger partial charge in [-0.2, -0.15) is 0 Å². The molecule has 1 aromatic heterocycles. The molecule has 0 N–H and O–H groups in total. The van der Waals surface area contributed by atoms with Crippen molar-refractivity contribution in [3.05, 3.63) is 47.0 Å². The molecule has 0 amide bonds. The van der Waals surface area contributed by atoms with Crippen LogP contribution < -0.4 is 0 Å². The van der Waals surface area contributed by atoms with Crippen LogP contribution in [0.25, 0.3) is 0 Å². The summed E-state index contributed by atoms with van der Waals surface area (Å²) in [5.74, 6) is 0. The van der Waals surface area contributed by atoms with Crippen LogP contribution in [-0.4, -0.2) is 14.8 Å². The first kappa shape index (κ1) is 10.2. The van der Waals surface area contributed by atoms with Gasteiger partial charge < -0.3 is 4.57 Å². The molecule has 78 valence electrons. The molecule has 1 heterocycles. The third kappa shape index (κ3) is 2.36. The molecule has 0 bridgehead atoms. The summed E-state index contributed by atoms with van der Waals surface area (Å²) in [4.78, 5) is 0. The van der Waals surface area contributed by atoms with E-state index in [0.717, 1.165) is 13.0 Å². The third-order valence-corrected chi connectivity index (χ3v) is 2.74. The molecule has 0 saturated carbocycles. The van der Waals surface area contributed by atoms with E-state index in [1.165, 1.54) is 11.1 Å². The highest BCUT2D eigenvalue weighted by atomic mass is 35.5. The van der Waals surface area contributed by atoms with Crippen LogP contribution in [-0.2, 0) is 13.0 Å². The van der Waals surface area contributed by atoms with Crippen molar-refractivity contribution in [2.45, 2.75) is 19.9 Å². The van der Waals surface area contributed by atoms with Crippen molar-refractivity contribution < 1.29 is 0 Å². The Bertz CT molecular complexity index is 451. The van der Waals surface area contributed by atoms with Crippen LogP contribution in [0, 0.1) is 6.92 Å². The van der Waals surface area contributed by atoms with E-state index in [1.54, 1.807) is 6.33 Å². The maximum Gasteiger partial charge on any atom is 0.224 e. The lowest BCUT2D eigenvalue weighted by atomic mass is 10.1. The summed E-state index contributed by atoms with van der Waals surface area (Å²) in [7, 11) is 0. The zero-order valence-electron chi connectivity index (χ0n) is 8.52. The van der Waals surface area contributed by atoms with Crippen LogP contribution in [0.3, 0.4) is 0 Å². The number of benzene rings is 1. The van der Waals surface area contributed by atoms with Gasteiger partial charge in [0.25, 0.3) is 0 Å². The van der Waals surface area contributed by atoms with Crippen molar-refractivity contribution in [3.8, 4) is 0 Å². The van der Waals surface area contributed by atoms with E-state index >= 15 is 0 Å². The van der Waals surface area contributed by atoms with Crippen LogP contribution in [0.15, 0.2) is 30.6 Å². The zero-order chi connectivity index (χ0) is 10.7. The maximum atomic E-state index is 5.84. The number of aromatic nitrogens is 3. The average molecular weight is 222 g/mol. The molecular weight excluding hydrogens is 210 g/mol. The molecule has 3 nitrogen and oxygen atoms in total. The van der Waals surface area contributed by atoms with E-state index in [9.17, 15) is 0 Å². The van der Waals surface area contributed by atoms with E-state index < -0.39 is 0 Å². The largest absolute Gasteiger partial charge is 0.304 e. The van der Waals surface area contributed by atoms with Gasteiger partial charge in [0.2, 0.25) is 5.28 Å². The number of halogens is 1. The van der Waals surface area contributed by atoms with Crippen molar-refractivity contribution in [2.75, 3.05) is 0 Å². The summed E-state index contributed by atoms with van der Waals surface area (Å²) in [6.45, 7) is 2.93. The minimum absolute atomic E-state index is 0.448. The van der Waals surface area contributed by atoms with Crippen LogP contribution in [0.4, 0.5) is 0 Å². The summed E-state index contributed by atoms with van der Waals surface area (Å²) >= 11 is 5.84. The molecule has 0 atom stereocenters. The minimum atomic E-state index is 0.448. The summed E-state index contributed by atoms with van der Waals surface area (Å²) in [6.07, 6.45) is 2.60. The Morgan fingerprint density at radius 2 is 2.13 bits per heavy atom. The second-order valence-electron chi connectivity index (χ2n) is 3.47. The van der Waals surface area contributed by atoms with Gasteiger partial charge in [-0.25, -0.2) is 0 Å².